The standard InChI is InChI=1S/C4H5F2NO/c1-3(2-7)4(5,6)8/h3,8H,1H3. The van der Waals surface area contributed by atoms with E-state index in [1.165, 1.54) is 6.07 Å². The first kappa shape index (κ1) is 7.31. The van der Waals surface area contributed by atoms with Gasteiger partial charge in [0.15, 0.2) is 0 Å². The molecule has 0 rings (SSSR count). The van der Waals surface area contributed by atoms with E-state index < -0.39 is 12.0 Å². The molecule has 4 heteroatoms. The molecule has 46 valence electrons. The van der Waals surface area contributed by atoms with E-state index >= 15 is 0 Å². The summed E-state index contributed by atoms with van der Waals surface area (Å²) in [5.41, 5.74) is 0. The summed E-state index contributed by atoms with van der Waals surface area (Å²) in [6.45, 7) is 0.944. The van der Waals surface area contributed by atoms with Gasteiger partial charge in [0, 0.05) is 0 Å². The van der Waals surface area contributed by atoms with E-state index in [0.29, 0.717) is 0 Å². The minimum absolute atomic E-state index is 0.944. The number of hydrogen-bond donors (Lipinski definition) is 1. The molecule has 0 radical (unpaired) electrons. The lowest BCUT2D eigenvalue weighted by Gasteiger charge is -2.08. The van der Waals surface area contributed by atoms with Crippen LogP contribution < -0.4 is 0 Å². The Morgan fingerprint density at radius 1 is 1.75 bits per heavy atom. The Balaban J connectivity index is 3.87. The fraction of sp³-hybridized carbons (Fsp3) is 0.750. The second-order valence-corrected chi connectivity index (χ2v) is 1.44. The third kappa shape index (κ3) is 1.85. The lowest BCUT2D eigenvalue weighted by molar-refractivity contribution is -0.220. The molecular weight excluding hydrogens is 116 g/mol. The Labute approximate surface area is 45.4 Å². The van der Waals surface area contributed by atoms with Gasteiger partial charge in [0.25, 0.3) is 0 Å². The van der Waals surface area contributed by atoms with Gasteiger partial charge in [-0.1, -0.05) is 0 Å². The van der Waals surface area contributed by atoms with Crippen LogP contribution in [0.25, 0.3) is 0 Å². The van der Waals surface area contributed by atoms with Crippen LogP contribution in [-0.4, -0.2) is 11.2 Å². The summed E-state index contributed by atoms with van der Waals surface area (Å²) in [6, 6.07) is 1.20. The lowest BCUT2D eigenvalue weighted by atomic mass is 10.2. The highest BCUT2D eigenvalue weighted by Gasteiger charge is 2.32. The second-order valence-electron chi connectivity index (χ2n) is 1.44. The third-order valence-corrected chi connectivity index (χ3v) is 0.715. The number of nitriles is 1. The van der Waals surface area contributed by atoms with Gasteiger partial charge in [-0.05, 0) is 6.92 Å². The SMILES string of the molecule is CC(C#N)C(O)(F)F. The Morgan fingerprint density at radius 2 is 2.12 bits per heavy atom. The van der Waals surface area contributed by atoms with Crippen molar-refractivity contribution in [3.8, 4) is 6.07 Å². The molecule has 0 saturated carbocycles. The lowest BCUT2D eigenvalue weighted by Crippen LogP contribution is -2.23. The number of nitrogens with zero attached hydrogens (tertiary/aromatic N) is 1. The largest absolute Gasteiger partial charge is 0.368 e. The van der Waals surface area contributed by atoms with Gasteiger partial charge in [0.1, 0.15) is 5.92 Å². The Morgan fingerprint density at radius 3 is 2.12 bits per heavy atom. The van der Waals surface area contributed by atoms with E-state index in [1.54, 1.807) is 0 Å². The number of aliphatic hydroxyl groups is 1. The molecule has 0 aromatic heterocycles. The van der Waals surface area contributed by atoms with Crippen molar-refractivity contribution in [2.45, 2.75) is 13.0 Å². The van der Waals surface area contributed by atoms with Crippen LogP contribution in [0, 0.1) is 17.2 Å². The van der Waals surface area contributed by atoms with E-state index in [2.05, 4.69) is 0 Å². The maximum absolute atomic E-state index is 11.4. The van der Waals surface area contributed by atoms with Crippen molar-refractivity contribution < 1.29 is 13.9 Å². The first-order chi connectivity index (χ1) is 3.48. The Hall–Kier alpha value is -0.690. The van der Waals surface area contributed by atoms with Crippen molar-refractivity contribution in [3.63, 3.8) is 0 Å². The van der Waals surface area contributed by atoms with Gasteiger partial charge in [-0.15, -0.1) is 0 Å². The van der Waals surface area contributed by atoms with Gasteiger partial charge in [0.2, 0.25) is 0 Å². The molecule has 0 heterocycles. The van der Waals surface area contributed by atoms with Gasteiger partial charge >= 0.3 is 6.11 Å². The van der Waals surface area contributed by atoms with E-state index in [4.69, 9.17) is 10.4 Å². The van der Waals surface area contributed by atoms with Crippen LogP contribution in [0.15, 0.2) is 0 Å². The maximum atomic E-state index is 11.4. The van der Waals surface area contributed by atoms with Crippen LogP contribution >= 0.6 is 0 Å². The molecule has 0 aromatic rings. The summed E-state index contributed by atoms with van der Waals surface area (Å²) in [5.74, 6) is -1.62. The quantitative estimate of drug-likeness (QED) is 0.555. The summed E-state index contributed by atoms with van der Waals surface area (Å²) in [6.07, 6.45) is -3.85. The van der Waals surface area contributed by atoms with Crippen LogP contribution in [0.1, 0.15) is 6.92 Å². The molecule has 0 aromatic carbocycles. The number of alkyl halides is 2. The summed E-state index contributed by atoms with van der Waals surface area (Å²) >= 11 is 0. The summed E-state index contributed by atoms with van der Waals surface area (Å²) < 4.78 is 22.9. The van der Waals surface area contributed by atoms with Crippen LogP contribution in [-0.2, 0) is 0 Å². The molecule has 2 nitrogen and oxygen atoms in total. The fourth-order valence-electron chi connectivity index (χ4n) is 0.0777. The Kier molecular flexibility index (Phi) is 1.88. The first-order valence-electron chi connectivity index (χ1n) is 1.98. The van der Waals surface area contributed by atoms with Crippen molar-refractivity contribution in [3.05, 3.63) is 0 Å². The van der Waals surface area contributed by atoms with Gasteiger partial charge in [-0.2, -0.15) is 14.0 Å². The zero-order valence-corrected chi connectivity index (χ0v) is 4.23. The molecule has 0 saturated heterocycles. The molecule has 0 aliphatic carbocycles. The van der Waals surface area contributed by atoms with E-state index in [0.717, 1.165) is 6.92 Å². The molecule has 0 amide bonds. The van der Waals surface area contributed by atoms with E-state index in [1.807, 2.05) is 0 Å². The average molecular weight is 121 g/mol. The molecule has 1 N–H and O–H groups in total. The second kappa shape index (κ2) is 2.05. The number of halogens is 2. The molecule has 0 fully saturated rings. The van der Waals surface area contributed by atoms with Crippen molar-refractivity contribution in [2.24, 2.45) is 5.92 Å². The smallest absolute Gasteiger partial charge is 0.335 e. The average Bonchev–Trinajstić information content (AvgIpc) is 1.62. The molecule has 1 unspecified atom stereocenters. The summed E-state index contributed by atoms with van der Waals surface area (Å²) in [4.78, 5) is 0. The molecule has 0 bridgehead atoms. The van der Waals surface area contributed by atoms with Gasteiger partial charge < -0.3 is 5.11 Å². The van der Waals surface area contributed by atoms with Crippen LogP contribution in [0.2, 0.25) is 0 Å². The highest BCUT2D eigenvalue weighted by atomic mass is 19.3. The van der Waals surface area contributed by atoms with Gasteiger partial charge in [-0.25, -0.2) is 0 Å². The predicted octanol–water partition coefficient (Wildman–Crippen LogP) is 0.731. The molecule has 0 aliphatic heterocycles. The normalized spacial score (nSPS) is 14.9. The van der Waals surface area contributed by atoms with Crippen molar-refractivity contribution in [2.75, 3.05) is 0 Å². The zero-order valence-electron chi connectivity index (χ0n) is 4.23. The van der Waals surface area contributed by atoms with Crippen molar-refractivity contribution >= 4 is 0 Å². The summed E-state index contributed by atoms with van der Waals surface area (Å²) in [5, 5.41) is 15.5. The predicted molar refractivity (Wildman–Crippen MR) is 21.9 cm³/mol. The van der Waals surface area contributed by atoms with Gasteiger partial charge in [0.05, 0.1) is 6.07 Å². The molecule has 0 spiro atoms. The van der Waals surface area contributed by atoms with Crippen LogP contribution in [0.5, 0.6) is 0 Å². The molecule has 8 heavy (non-hydrogen) atoms. The minimum atomic E-state index is -3.85. The van der Waals surface area contributed by atoms with Crippen molar-refractivity contribution in [1.82, 2.24) is 0 Å². The number of hydrogen-bond acceptors (Lipinski definition) is 2. The van der Waals surface area contributed by atoms with E-state index in [-0.39, 0.29) is 0 Å². The zero-order chi connectivity index (χ0) is 6.78. The van der Waals surface area contributed by atoms with Crippen LogP contribution in [0.3, 0.4) is 0 Å². The van der Waals surface area contributed by atoms with Gasteiger partial charge in [-0.3, -0.25) is 0 Å². The maximum Gasteiger partial charge on any atom is 0.368 e. The van der Waals surface area contributed by atoms with E-state index in [9.17, 15) is 8.78 Å². The summed E-state index contributed by atoms with van der Waals surface area (Å²) in [7, 11) is 0. The van der Waals surface area contributed by atoms with Crippen molar-refractivity contribution in [1.29, 1.82) is 5.26 Å². The molecular formula is C4H5F2NO. The highest BCUT2D eigenvalue weighted by molar-refractivity contribution is 4.83. The molecule has 1 atom stereocenters. The fourth-order valence-corrected chi connectivity index (χ4v) is 0.0777. The Bertz CT molecular complexity index is 112. The third-order valence-electron chi connectivity index (χ3n) is 0.715. The molecule has 0 aliphatic rings. The minimum Gasteiger partial charge on any atom is -0.335 e. The first-order valence-corrected chi connectivity index (χ1v) is 1.98. The monoisotopic (exact) mass is 121 g/mol. The topological polar surface area (TPSA) is 44.0 Å². The highest BCUT2D eigenvalue weighted by Crippen LogP contribution is 2.18. The number of rotatable bonds is 1. The van der Waals surface area contributed by atoms with Crippen LogP contribution in [0.4, 0.5) is 8.78 Å².